The van der Waals surface area contributed by atoms with Gasteiger partial charge >= 0.3 is 0 Å². The van der Waals surface area contributed by atoms with Crippen molar-refractivity contribution in [1.82, 2.24) is 15.5 Å². The number of carbonyl (C=O) groups excluding carboxylic acids is 2. The van der Waals surface area contributed by atoms with Gasteiger partial charge in [-0.1, -0.05) is 20.8 Å². The third-order valence-electron chi connectivity index (χ3n) is 4.01. The highest BCUT2D eigenvalue weighted by Crippen LogP contribution is 2.26. The van der Waals surface area contributed by atoms with Gasteiger partial charge in [0.25, 0.3) is 5.91 Å². The second kappa shape index (κ2) is 8.89. The Bertz CT molecular complexity index is 553. The molecular formula is C19H32N4O2. The van der Waals surface area contributed by atoms with Crippen LogP contribution in [0.25, 0.3) is 0 Å². The summed E-state index contributed by atoms with van der Waals surface area (Å²) in [4.78, 5) is 25.5. The molecule has 25 heavy (non-hydrogen) atoms. The number of carbonyl (C=O) groups is 2. The Morgan fingerprint density at radius 1 is 1.32 bits per heavy atom. The molecule has 0 aliphatic carbocycles. The molecule has 0 saturated carbocycles. The first-order chi connectivity index (χ1) is 11.5. The summed E-state index contributed by atoms with van der Waals surface area (Å²) >= 11 is 0. The van der Waals surface area contributed by atoms with Crippen LogP contribution in [0.15, 0.2) is 11.8 Å². The lowest BCUT2D eigenvalue weighted by atomic mass is 9.82. The third kappa shape index (κ3) is 8.06. The van der Waals surface area contributed by atoms with Gasteiger partial charge in [-0.15, -0.1) is 0 Å². The van der Waals surface area contributed by atoms with Gasteiger partial charge < -0.3 is 15.5 Å². The summed E-state index contributed by atoms with van der Waals surface area (Å²) in [7, 11) is 0. The van der Waals surface area contributed by atoms with Crippen LogP contribution in [0.1, 0.15) is 60.3 Å². The average Bonchev–Trinajstić information content (AvgIpc) is 2.87. The van der Waals surface area contributed by atoms with Crippen LogP contribution in [0.3, 0.4) is 0 Å². The van der Waals surface area contributed by atoms with E-state index in [1.807, 2.05) is 11.0 Å². The summed E-state index contributed by atoms with van der Waals surface area (Å²) in [5, 5.41) is 15.2. The van der Waals surface area contributed by atoms with Crippen LogP contribution >= 0.6 is 0 Å². The van der Waals surface area contributed by atoms with Crippen LogP contribution < -0.4 is 10.6 Å². The third-order valence-corrected chi connectivity index (χ3v) is 4.01. The first kappa shape index (κ1) is 21.0. The molecule has 0 bridgehead atoms. The predicted octanol–water partition coefficient (Wildman–Crippen LogP) is 2.33. The number of nitrogens with zero attached hydrogens (tertiary/aromatic N) is 2. The topological polar surface area (TPSA) is 85.2 Å². The molecule has 1 saturated heterocycles. The Hall–Kier alpha value is -2.03. The van der Waals surface area contributed by atoms with Crippen LogP contribution in [0.4, 0.5) is 0 Å². The number of hydrogen-bond donors (Lipinski definition) is 2. The van der Waals surface area contributed by atoms with Gasteiger partial charge in [-0.25, -0.2) is 0 Å². The second-order valence-electron chi connectivity index (χ2n) is 8.53. The monoisotopic (exact) mass is 348 g/mol. The number of rotatable bonds is 8. The Morgan fingerprint density at radius 3 is 2.52 bits per heavy atom. The molecular weight excluding hydrogens is 316 g/mol. The molecule has 0 radical (unpaired) electrons. The second-order valence-corrected chi connectivity index (χ2v) is 8.53. The van der Waals surface area contributed by atoms with E-state index in [0.29, 0.717) is 25.9 Å². The molecule has 140 valence electrons. The molecule has 2 amide bonds. The predicted molar refractivity (Wildman–Crippen MR) is 98.4 cm³/mol. The molecule has 2 N–H and O–H groups in total. The maximum Gasteiger partial charge on any atom is 0.263 e. The zero-order chi connectivity index (χ0) is 19.1. The highest BCUT2D eigenvalue weighted by atomic mass is 16.2. The fourth-order valence-corrected chi connectivity index (χ4v) is 3.30. The van der Waals surface area contributed by atoms with E-state index in [1.165, 1.54) is 6.20 Å². The zero-order valence-corrected chi connectivity index (χ0v) is 16.2. The van der Waals surface area contributed by atoms with Crippen molar-refractivity contribution < 1.29 is 9.59 Å². The molecule has 1 heterocycles. The molecule has 1 aliphatic heterocycles. The van der Waals surface area contributed by atoms with Crippen molar-refractivity contribution in [3.05, 3.63) is 11.8 Å². The van der Waals surface area contributed by atoms with E-state index in [-0.39, 0.29) is 28.3 Å². The molecule has 1 rings (SSSR count). The molecule has 0 aromatic rings. The van der Waals surface area contributed by atoms with Crippen molar-refractivity contribution in [3.8, 4) is 6.07 Å². The Labute approximate surface area is 151 Å². The van der Waals surface area contributed by atoms with Gasteiger partial charge in [-0.3, -0.25) is 9.59 Å². The van der Waals surface area contributed by atoms with Gasteiger partial charge in [-0.05, 0) is 38.5 Å². The van der Waals surface area contributed by atoms with Gasteiger partial charge in [0.05, 0.1) is 0 Å². The molecule has 0 aromatic heterocycles. The fraction of sp³-hybridized carbons (Fsp3) is 0.737. The lowest BCUT2D eigenvalue weighted by Crippen LogP contribution is -2.40. The lowest BCUT2D eigenvalue weighted by Gasteiger charge is -2.33. The van der Waals surface area contributed by atoms with Crippen molar-refractivity contribution in [2.75, 3.05) is 19.6 Å². The normalized spacial score (nSPS) is 15.9. The summed E-state index contributed by atoms with van der Waals surface area (Å²) in [5.41, 5.74) is 0.00242. The molecule has 6 nitrogen and oxygen atoms in total. The van der Waals surface area contributed by atoms with E-state index in [2.05, 4.69) is 45.3 Å². The summed E-state index contributed by atoms with van der Waals surface area (Å²) in [6, 6.07) is 1.95. The van der Waals surface area contributed by atoms with E-state index < -0.39 is 0 Å². The molecule has 1 fully saturated rings. The Balaban J connectivity index is 2.43. The van der Waals surface area contributed by atoms with Crippen LogP contribution in [-0.2, 0) is 9.59 Å². The van der Waals surface area contributed by atoms with Gasteiger partial charge in [0.2, 0.25) is 5.91 Å². The Morgan fingerprint density at radius 2 is 2.00 bits per heavy atom. The van der Waals surface area contributed by atoms with Crippen LogP contribution in [0.2, 0.25) is 0 Å². The zero-order valence-electron chi connectivity index (χ0n) is 16.2. The van der Waals surface area contributed by atoms with Gasteiger partial charge in [0.1, 0.15) is 11.6 Å². The largest absolute Gasteiger partial charge is 0.385 e. The van der Waals surface area contributed by atoms with E-state index in [9.17, 15) is 14.9 Å². The summed E-state index contributed by atoms with van der Waals surface area (Å²) < 4.78 is 0. The maximum atomic E-state index is 12.1. The smallest absolute Gasteiger partial charge is 0.263 e. The number of hydrogen-bond acceptors (Lipinski definition) is 4. The first-order valence-corrected chi connectivity index (χ1v) is 8.98. The molecule has 0 atom stereocenters. The van der Waals surface area contributed by atoms with E-state index >= 15 is 0 Å². The highest BCUT2D eigenvalue weighted by Gasteiger charge is 2.24. The average molecular weight is 348 g/mol. The molecule has 0 aromatic carbocycles. The van der Waals surface area contributed by atoms with Crippen LogP contribution in [0, 0.1) is 16.7 Å². The minimum atomic E-state index is -0.380. The standard InChI is InChI=1S/C19H32N4O2/c1-18(2,3)14-19(4,5)22-13-15(12-20)17(25)21-9-7-11-23-10-6-8-16(23)24/h13,22H,6-11,14H2,1-5H3,(H,21,25)/b15-13-. The van der Waals surface area contributed by atoms with E-state index in [1.54, 1.807) is 0 Å². The number of likely N-dealkylation sites (tertiary alicyclic amines) is 1. The number of nitrogens with one attached hydrogen (secondary N) is 2. The van der Waals surface area contributed by atoms with Crippen molar-refractivity contribution in [1.29, 1.82) is 5.26 Å². The molecule has 6 heteroatoms. The summed E-state index contributed by atoms with van der Waals surface area (Å²) in [5.74, 6) is -0.191. The molecule has 0 unspecified atom stereocenters. The van der Waals surface area contributed by atoms with E-state index in [4.69, 9.17) is 0 Å². The van der Waals surface area contributed by atoms with Crippen LogP contribution in [0.5, 0.6) is 0 Å². The minimum Gasteiger partial charge on any atom is -0.385 e. The SMILES string of the molecule is CC(C)(C)CC(C)(C)N/C=C(/C#N)C(=O)NCCCN1CCCC1=O. The Kier molecular flexibility index (Phi) is 7.47. The molecule has 0 spiro atoms. The van der Waals surface area contributed by atoms with Crippen molar-refractivity contribution in [3.63, 3.8) is 0 Å². The highest BCUT2D eigenvalue weighted by molar-refractivity contribution is 5.97. The first-order valence-electron chi connectivity index (χ1n) is 8.98. The fourth-order valence-electron chi connectivity index (χ4n) is 3.30. The molecule has 1 aliphatic rings. The van der Waals surface area contributed by atoms with Crippen molar-refractivity contribution in [2.45, 2.75) is 65.8 Å². The maximum absolute atomic E-state index is 12.1. The minimum absolute atomic E-state index is 0.0687. The quantitative estimate of drug-likeness (QED) is 0.400. The van der Waals surface area contributed by atoms with E-state index in [0.717, 1.165) is 19.4 Å². The summed E-state index contributed by atoms with van der Waals surface area (Å²) in [6.45, 7) is 12.5. The summed E-state index contributed by atoms with van der Waals surface area (Å²) in [6.07, 6.45) is 4.65. The van der Waals surface area contributed by atoms with Crippen molar-refractivity contribution >= 4 is 11.8 Å². The number of nitriles is 1. The van der Waals surface area contributed by atoms with Gasteiger partial charge in [-0.2, -0.15) is 5.26 Å². The number of amides is 2. The van der Waals surface area contributed by atoms with Crippen molar-refractivity contribution in [2.24, 2.45) is 5.41 Å². The van der Waals surface area contributed by atoms with Gasteiger partial charge in [0, 0.05) is 37.8 Å². The lowest BCUT2D eigenvalue weighted by molar-refractivity contribution is -0.127. The van der Waals surface area contributed by atoms with Crippen LogP contribution in [-0.4, -0.2) is 41.9 Å². The van der Waals surface area contributed by atoms with Gasteiger partial charge in [0.15, 0.2) is 0 Å².